The highest BCUT2D eigenvalue weighted by atomic mass is 16.5. The van der Waals surface area contributed by atoms with Crippen molar-refractivity contribution in [3.63, 3.8) is 0 Å². The summed E-state index contributed by atoms with van der Waals surface area (Å²) < 4.78 is 5.23. The van der Waals surface area contributed by atoms with Gasteiger partial charge in [0, 0.05) is 25.1 Å². The zero-order chi connectivity index (χ0) is 13.2. The van der Waals surface area contributed by atoms with Crippen molar-refractivity contribution >= 4 is 5.91 Å². The van der Waals surface area contributed by atoms with Gasteiger partial charge in [-0.15, -0.1) is 0 Å². The Balaban J connectivity index is 2.29. The van der Waals surface area contributed by atoms with Gasteiger partial charge in [-0.1, -0.05) is 25.1 Å². The van der Waals surface area contributed by atoms with Crippen molar-refractivity contribution < 1.29 is 9.53 Å². The zero-order valence-electron chi connectivity index (χ0n) is 11.2. The number of rotatable bonds is 8. The summed E-state index contributed by atoms with van der Waals surface area (Å²) in [4.78, 5) is 11.6. The standard InChI is InChI=1S/C14H22N2O2/c1-3-9-15-10-8-14(17)16-11-12-6-4-5-7-13(12)18-2/h4-7,15H,3,8-11H2,1-2H3,(H,16,17). The van der Waals surface area contributed by atoms with Crippen LogP contribution in [0.15, 0.2) is 24.3 Å². The van der Waals surface area contributed by atoms with E-state index in [1.54, 1.807) is 7.11 Å². The van der Waals surface area contributed by atoms with Gasteiger partial charge in [0.15, 0.2) is 0 Å². The molecule has 1 rings (SSSR count). The van der Waals surface area contributed by atoms with Crippen molar-refractivity contribution in [3.8, 4) is 5.75 Å². The minimum absolute atomic E-state index is 0.0597. The van der Waals surface area contributed by atoms with Gasteiger partial charge in [0.1, 0.15) is 5.75 Å². The van der Waals surface area contributed by atoms with Crippen LogP contribution >= 0.6 is 0 Å². The highest BCUT2D eigenvalue weighted by Crippen LogP contribution is 2.16. The second-order valence-electron chi connectivity index (χ2n) is 4.09. The molecule has 4 heteroatoms. The molecule has 0 atom stereocenters. The monoisotopic (exact) mass is 250 g/mol. The van der Waals surface area contributed by atoms with Gasteiger partial charge in [-0.25, -0.2) is 0 Å². The lowest BCUT2D eigenvalue weighted by Crippen LogP contribution is -2.27. The van der Waals surface area contributed by atoms with E-state index < -0.39 is 0 Å². The molecule has 0 saturated heterocycles. The largest absolute Gasteiger partial charge is 0.496 e. The van der Waals surface area contributed by atoms with Crippen LogP contribution in [0.4, 0.5) is 0 Å². The quantitative estimate of drug-likeness (QED) is 0.690. The molecule has 100 valence electrons. The Morgan fingerprint density at radius 2 is 2.06 bits per heavy atom. The molecule has 0 unspecified atom stereocenters. The van der Waals surface area contributed by atoms with E-state index in [-0.39, 0.29) is 5.91 Å². The minimum atomic E-state index is 0.0597. The summed E-state index contributed by atoms with van der Waals surface area (Å²) in [5.41, 5.74) is 0.995. The Bertz CT molecular complexity index is 367. The predicted molar refractivity (Wildman–Crippen MR) is 72.6 cm³/mol. The first kappa shape index (κ1) is 14.5. The Labute approximate surface area is 109 Å². The topological polar surface area (TPSA) is 50.4 Å². The molecule has 0 fully saturated rings. The average Bonchev–Trinajstić information content (AvgIpc) is 2.41. The van der Waals surface area contributed by atoms with Gasteiger partial charge < -0.3 is 15.4 Å². The van der Waals surface area contributed by atoms with Crippen LogP contribution in [0.3, 0.4) is 0 Å². The Morgan fingerprint density at radius 1 is 1.28 bits per heavy atom. The van der Waals surface area contributed by atoms with Crippen LogP contribution in [0.25, 0.3) is 0 Å². The molecule has 0 saturated carbocycles. The van der Waals surface area contributed by atoms with Crippen LogP contribution in [0, 0.1) is 0 Å². The fourth-order valence-electron chi connectivity index (χ4n) is 1.63. The first-order valence-electron chi connectivity index (χ1n) is 6.37. The summed E-state index contributed by atoms with van der Waals surface area (Å²) in [6.07, 6.45) is 1.60. The van der Waals surface area contributed by atoms with E-state index in [9.17, 15) is 4.79 Å². The maximum Gasteiger partial charge on any atom is 0.221 e. The van der Waals surface area contributed by atoms with E-state index >= 15 is 0 Å². The van der Waals surface area contributed by atoms with Crippen LogP contribution in [0.5, 0.6) is 5.75 Å². The summed E-state index contributed by atoms with van der Waals surface area (Å²) in [6.45, 7) is 4.30. The third-order valence-corrected chi connectivity index (χ3v) is 2.62. The SMILES string of the molecule is CCCNCCC(=O)NCc1ccccc1OC. The Morgan fingerprint density at radius 3 is 2.78 bits per heavy atom. The van der Waals surface area contributed by atoms with Gasteiger partial charge >= 0.3 is 0 Å². The molecular formula is C14H22N2O2. The number of methoxy groups -OCH3 is 1. The fraction of sp³-hybridized carbons (Fsp3) is 0.500. The van der Waals surface area contributed by atoms with E-state index in [0.717, 1.165) is 30.8 Å². The third kappa shape index (κ3) is 5.19. The molecule has 1 aromatic carbocycles. The van der Waals surface area contributed by atoms with Gasteiger partial charge in [0.2, 0.25) is 5.91 Å². The van der Waals surface area contributed by atoms with Gasteiger partial charge in [0.05, 0.1) is 7.11 Å². The molecule has 0 aromatic heterocycles. The van der Waals surface area contributed by atoms with Crippen molar-refractivity contribution in [1.29, 1.82) is 0 Å². The number of hydrogen-bond donors (Lipinski definition) is 2. The summed E-state index contributed by atoms with van der Waals surface area (Å²) >= 11 is 0. The molecule has 0 aliphatic rings. The molecule has 2 N–H and O–H groups in total. The van der Waals surface area contributed by atoms with E-state index in [4.69, 9.17) is 4.74 Å². The molecule has 0 aliphatic heterocycles. The number of carbonyl (C=O) groups excluding carboxylic acids is 1. The van der Waals surface area contributed by atoms with Crippen LogP contribution in [-0.4, -0.2) is 26.1 Å². The lowest BCUT2D eigenvalue weighted by molar-refractivity contribution is -0.121. The fourth-order valence-corrected chi connectivity index (χ4v) is 1.63. The van der Waals surface area contributed by atoms with E-state index in [1.165, 1.54) is 0 Å². The maximum atomic E-state index is 11.6. The number of nitrogens with one attached hydrogen (secondary N) is 2. The molecule has 0 radical (unpaired) electrons. The second-order valence-corrected chi connectivity index (χ2v) is 4.09. The summed E-state index contributed by atoms with van der Waals surface area (Å²) in [5, 5.41) is 6.09. The Kier molecular flexibility index (Phi) is 6.87. The molecule has 0 spiro atoms. The van der Waals surface area contributed by atoms with Crippen molar-refractivity contribution in [3.05, 3.63) is 29.8 Å². The molecular weight excluding hydrogens is 228 g/mol. The normalized spacial score (nSPS) is 10.1. The van der Waals surface area contributed by atoms with Gasteiger partial charge in [-0.2, -0.15) is 0 Å². The number of carbonyl (C=O) groups is 1. The van der Waals surface area contributed by atoms with Gasteiger partial charge in [-0.3, -0.25) is 4.79 Å². The molecule has 0 aliphatic carbocycles. The molecule has 4 nitrogen and oxygen atoms in total. The number of hydrogen-bond acceptors (Lipinski definition) is 3. The van der Waals surface area contributed by atoms with Gasteiger partial charge in [0.25, 0.3) is 0 Å². The van der Waals surface area contributed by atoms with Crippen molar-refractivity contribution in [2.45, 2.75) is 26.3 Å². The molecule has 1 aromatic rings. The van der Waals surface area contributed by atoms with Gasteiger partial charge in [-0.05, 0) is 19.0 Å². The average molecular weight is 250 g/mol. The maximum absolute atomic E-state index is 11.6. The first-order chi connectivity index (χ1) is 8.77. The van der Waals surface area contributed by atoms with Crippen molar-refractivity contribution in [2.24, 2.45) is 0 Å². The molecule has 0 heterocycles. The summed E-state index contributed by atoms with van der Waals surface area (Å²) in [5.74, 6) is 0.867. The zero-order valence-corrected chi connectivity index (χ0v) is 11.2. The highest BCUT2D eigenvalue weighted by Gasteiger charge is 2.04. The van der Waals surface area contributed by atoms with E-state index in [1.807, 2.05) is 24.3 Å². The minimum Gasteiger partial charge on any atom is -0.496 e. The second kappa shape index (κ2) is 8.53. The molecule has 0 bridgehead atoms. The first-order valence-corrected chi connectivity index (χ1v) is 6.37. The number of para-hydroxylation sites is 1. The summed E-state index contributed by atoms with van der Waals surface area (Å²) in [7, 11) is 1.63. The molecule has 18 heavy (non-hydrogen) atoms. The Hall–Kier alpha value is -1.55. The lowest BCUT2D eigenvalue weighted by Gasteiger charge is -2.09. The lowest BCUT2D eigenvalue weighted by atomic mass is 10.2. The van der Waals surface area contributed by atoms with E-state index in [0.29, 0.717) is 13.0 Å². The predicted octanol–water partition coefficient (Wildman–Crippen LogP) is 1.70. The smallest absolute Gasteiger partial charge is 0.221 e. The summed E-state index contributed by atoms with van der Waals surface area (Å²) in [6, 6.07) is 7.70. The van der Waals surface area contributed by atoms with Crippen LogP contribution in [0.2, 0.25) is 0 Å². The van der Waals surface area contributed by atoms with Crippen LogP contribution in [-0.2, 0) is 11.3 Å². The van der Waals surface area contributed by atoms with Crippen LogP contribution in [0.1, 0.15) is 25.3 Å². The number of ether oxygens (including phenoxy) is 1. The van der Waals surface area contributed by atoms with Crippen molar-refractivity contribution in [2.75, 3.05) is 20.2 Å². The number of benzene rings is 1. The van der Waals surface area contributed by atoms with Crippen molar-refractivity contribution in [1.82, 2.24) is 10.6 Å². The number of amides is 1. The highest BCUT2D eigenvalue weighted by molar-refractivity contribution is 5.76. The third-order valence-electron chi connectivity index (χ3n) is 2.62. The van der Waals surface area contributed by atoms with E-state index in [2.05, 4.69) is 17.6 Å². The van der Waals surface area contributed by atoms with Crippen LogP contribution < -0.4 is 15.4 Å². The molecule has 1 amide bonds.